The standard InChI is InChI=1S/2BrH.4H2O.Sn/h2*1H;4*1H2;/q;;;;;;+2/p-2. The molecule has 0 amide bonds. The fraction of sp³-hybridized carbons (Fsp3) is 0. The summed E-state index contributed by atoms with van der Waals surface area (Å²) in [4.78, 5) is 0. The molecule has 50 valence electrons. The van der Waals surface area contributed by atoms with Crippen molar-refractivity contribution in [1.82, 2.24) is 0 Å². The van der Waals surface area contributed by atoms with Crippen LogP contribution >= 0.6 is 25.4 Å². The molecule has 0 aliphatic carbocycles. The van der Waals surface area contributed by atoms with Crippen LogP contribution in [0.2, 0.25) is 0 Å². The molecular formula is H8Br2O4Sn. The fourth-order valence-corrected chi connectivity index (χ4v) is 0. The first-order valence-electron chi connectivity index (χ1n) is 0.378. The van der Waals surface area contributed by atoms with Gasteiger partial charge in [0.25, 0.3) is 0 Å². The summed E-state index contributed by atoms with van der Waals surface area (Å²) < 4.78 is 0. The molecule has 8 N–H and O–H groups in total. The third-order valence-electron chi connectivity index (χ3n) is 0. The second-order valence-corrected chi connectivity index (χ2v) is 12.9. The minimum absolute atomic E-state index is 0. The number of hydrogen-bond acceptors (Lipinski definition) is 0. The van der Waals surface area contributed by atoms with E-state index < -0.39 is 0 Å². The zero-order valence-corrected chi connectivity index (χ0v) is 9.28. The SMILES string of the molecule is O.O.O.O.[Br][Sn][Br]. The van der Waals surface area contributed by atoms with E-state index in [1.165, 1.54) is 0 Å². The van der Waals surface area contributed by atoms with Crippen molar-refractivity contribution in [3.63, 3.8) is 0 Å². The van der Waals surface area contributed by atoms with Gasteiger partial charge < -0.3 is 21.9 Å². The molecule has 0 aromatic heterocycles. The summed E-state index contributed by atoms with van der Waals surface area (Å²) in [6, 6.07) is 0. The third kappa shape index (κ3) is 93.2. The summed E-state index contributed by atoms with van der Waals surface area (Å²) in [5.41, 5.74) is 0. The molecule has 0 aromatic rings. The molecule has 0 rings (SSSR count). The van der Waals surface area contributed by atoms with Gasteiger partial charge in [-0.1, -0.05) is 0 Å². The average Bonchev–Trinajstić information content (AvgIpc) is 0.918. The van der Waals surface area contributed by atoms with E-state index >= 15 is 0 Å². The molecule has 0 aromatic carbocycles. The summed E-state index contributed by atoms with van der Waals surface area (Å²) in [6.07, 6.45) is 0. The molecule has 2 radical (unpaired) electrons. The van der Waals surface area contributed by atoms with E-state index in [1.807, 2.05) is 0 Å². The molecule has 0 saturated carbocycles. The van der Waals surface area contributed by atoms with Gasteiger partial charge >= 0.3 is 42.1 Å². The molecule has 0 bridgehead atoms. The van der Waals surface area contributed by atoms with E-state index in [9.17, 15) is 0 Å². The van der Waals surface area contributed by atoms with Gasteiger partial charge in [0, 0.05) is 0 Å². The Morgan fingerprint density at radius 2 is 0.714 bits per heavy atom. The monoisotopic (exact) mass is 350 g/mol. The quantitative estimate of drug-likeness (QED) is 0.449. The van der Waals surface area contributed by atoms with Crippen LogP contribution < -0.4 is 0 Å². The second kappa shape index (κ2) is 49.0. The van der Waals surface area contributed by atoms with Gasteiger partial charge in [-0.05, 0) is 0 Å². The van der Waals surface area contributed by atoms with Crippen LogP contribution in [0.4, 0.5) is 0 Å². The van der Waals surface area contributed by atoms with Gasteiger partial charge in [-0.25, -0.2) is 0 Å². The van der Waals surface area contributed by atoms with E-state index in [0.717, 1.165) is 0 Å². The molecule has 0 aliphatic heterocycles. The fourth-order valence-electron chi connectivity index (χ4n) is 0. The Morgan fingerprint density at radius 1 is 0.714 bits per heavy atom. The van der Waals surface area contributed by atoms with E-state index in [1.54, 1.807) is 0 Å². The molecule has 0 fully saturated rings. The second-order valence-electron chi connectivity index (χ2n) is 0.0714. The zero-order valence-electron chi connectivity index (χ0n) is 3.26. The van der Waals surface area contributed by atoms with Gasteiger partial charge in [0.1, 0.15) is 0 Å². The van der Waals surface area contributed by atoms with Crippen molar-refractivity contribution in [3.8, 4) is 0 Å². The maximum atomic E-state index is 3.23. The average molecular weight is 351 g/mol. The first kappa shape index (κ1) is 38.3. The van der Waals surface area contributed by atoms with Gasteiger partial charge in [0.05, 0.1) is 0 Å². The van der Waals surface area contributed by atoms with E-state index in [-0.39, 0.29) is 38.6 Å². The van der Waals surface area contributed by atoms with Crippen molar-refractivity contribution < 1.29 is 21.9 Å². The predicted octanol–water partition coefficient (Wildman–Crippen LogP) is -1.99. The molecule has 0 spiro atoms. The van der Waals surface area contributed by atoms with Crippen molar-refractivity contribution in [2.24, 2.45) is 0 Å². The Kier molecular flexibility index (Phi) is 268. The van der Waals surface area contributed by atoms with Gasteiger partial charge in [-0.15, -0.1) is 0 Å². The van der Waals surface area contributed by atoms with Gasteiger partial charge in [-0.3, -0.25) is 0 Å². The predicted molar refractivity (Wildman–Crippen MR) is 38.1 cm³/mol. The summed E-state index contributed by atoms with van der Waals surface area (Å²) in [5.74, 6) is 0. The van der Waals surface area contributed by atoms with Crippen LogP contribution in [0, 0.1) is 0 Å². The van der Waals surface area contributed by atoms with E-state index in [4.69, 9.17) is 0 Å². The van der Waals surface area contributed by atoms with Crippen LogP contribution in [0.3, 0.4) is 0 Å². The van der Waals surface area contributed by atoms with Crippen LogP contribution in [0.25, 0.3) is 0 Å². The first-order valence-corrected chi connectivity index (χ1v) is 13.2. The van der Waals surface area contributed by atoms with Gasteiger partial charge in [0.2, 0.25) is 0 Å². The first-order chi connectivity index (χ1) is 1.41. The zero-order chi connectivity index (χ0) is 2.71. The number of halogens is 2. The van der Waals surface area contributed by atoms with Crippen LogP contribution in [-0.4, -0.2) is 38.6 Å². The molecule has 4 nitrogen and oxygen atoms in total. The molecule has 0 heterocycles. The summed E-state index contributed by atoms with van der Waals surface area (Å²) >= 11 is 6.32. The molecule has 0 saturated heterocycles. The van der Waals surface area contributed by atoms with Crippen LogP contribution in [-0.2, 0) is 0 Å². The molecule has 0 aliphatic rings. The maximum absolute atomic E-state index is 3.23. The number of rotatable bonds is 0. The Morgan fingerprint density at radius 3 is 0.714 bits per heavy atom. The summed E-state index contributed by atoms with van der Waals surface area (Å²) in [7, 11) is 0. The third-order valence-corrected chi connectivity index (χ3v) is 0. The summed E-state index contributed by atoms with van der Waals surface area (Å²) in [6.45, 7) is 0. The molecule has 7 heavy (non-hydrogen) atoms. The van der Waals surface area contributed by atoms with Crippen LogP contribution in [0.5, 0.6) is 0 Å². The molecule has 0 atom stereocenters. The molecular weight excluding hydrogens is 343 g/mol. The molecule has 7 heteroatoms. The van der Waals surface area contributed by atoms with Crippen molar-refractivity contribution in [2.45, 2.75) is 0 Å². The van der Waals surface area contributed by atoms with Crippen molar-refractivity contribution in [3.05, 3.63) is 0 Å². The van der Waals surface area contributed by atoms with Crippen molar-refractivity contribution in [2.75, 3.05) is 0 Å². The van der Waals surface area contributed by atoms with Gasteiger partial charge in [-0.2, -0.15) is 0 Å². The normalized spacial score (nSPS) is 2.57. The minimum atomic E-state index is -0.145. The molecule has 0 unspecified atom stereocenters. The van der Waals surface area contributed by atoms with Crippen LogP contribution in [0.15, 0.2) is 0 Å². The van der Waals surface area contributed by atoms with Crippen molar-refractivity contribution in [1.29, 1.82) is 0 Å². The Labute approximate surface area is 63.6 Å². The van der Waals surface area contributed by atoms with E-state index in [0.29, 0.717) is 0 Å². The Bertz CT molecular complexity index is 9.65. The number of hydrogen-bond donors (Lipinski definition) is 0. The van der Waals surface area contributed by atoms with Gasteiger partial charge in [0.15, 0.2) is 0 Å². The Hall–Kier alpha value is 1.60. The topological polar surface area (TPSA) is 126 Å². The summed E-state index contributed by atoms with van der Waals surface area (Å²) in [5, 5.41) is 0. The van der Waals surface area contributed by atoms with Crippen LogP contribution in [0.1, 0.15) is 0 Å². The van der Waals surface area contributed by atoms with E-state index in [2.05, 4.69) is 25.4 Å². The Balaban J connectivity index is -0.00000000333. The van der Waals surface area contributed by atoms with Crippen molar-refractivity contribution >= 4 is 42.1 Å².